The fraction of sp³-hybridized carbons (Fsp3) is 0.474. The van der Waals surface area contributed by atoms with Crippen LogP contribution in [0, 0.1) is 0 Å². The van der Waals surface area contributed by atoms with Crippen LogP contribution in [-0.2, 0) is 10.9 Å². The molecule has 0 aliphatic heterocycles. The van der Waals surface area contributed by atoms with Gasteiger partial charge in [0.2, 0.25) is 0 Å². The number of fused-ring (bicyclic) bond motifs is 1. The molecule has 0 unspecified atom stereocenters. The van der Waals surface area contributed by atoms with E-state index < -0.39 is 11.7 Å². The predicted molar refractivity (Wildman–Crippen MR) is 93.9 cm³/mol. The Morgan fingerprint density at radius 3 is 2.62 bits per heavy atom. The molecule has 26 heavy (non-hydrogen) atoms. The number of hydrogen-bond donors (Lipinski definition) is 1. The molecule has 140 valence electrons. The molecule has 0 saturated heterocycles. The lowest BCUT2D eigenvalue weighted by Crippen LogP contribution is -2.36. The molecule has 1 heterocycles. The molecule has 4 nitrogen and oxygen atoms in total. The molecule has 7 heteroatoms. The van der Waals surface area contributed by atoms with Gasteiger partial charge in [0.15, 0.2) is 0 Å². The van der Waals surface area contributed by atoms with E-state index in [1.807, 2.05) is 0 Å². The van der Waals surface area contributed by atoms with E-state index in [1.165, 1.54) is 12.4 Å². The molecule has 0 radical (unpaired) electrons. The van der Waals surface area contributed by atoms with E-state index in [0.29, 0.717) is 12.1 Å². The van der Waals surface area contributed by atoms with Gasteiger partial charge in [0.25, 0.3) is 0 Å². The van der Waals surface area contributed by atoms with Gasteiger partial charge in [-0.2, -0.15) is 13.2 Å². The molecule has 1 aliphatic carbocycles. The van der Waals surface area contributed by atoms with Gasteiger partial charge < -0.3 is 10.1 Å². The van der Waals surface area contributed by atoms with Crippen LogP contribution in [0.1, 0.15) is 36.3 Å². The molecule has 1 saturated carbocycles. The number of alkyl halides is 3. The summed E-state index contributed by atoms with van der Waals surface area (Å²) in [5, 5.41) is 3.43. The van der Waals surface area contributed by atoms with E-state index in [2.05, 4.69) is 21.9 Å². The first kappa shape index (κ1) is 18.8. The number of ether oxygens (including phenoxy) is 1. The SMILES string of the molecule is C=C1C[C@@H](NCCOC)C[C@H](c2ccc(C(F)(F)F)c3nccnc23)C1. The van der Waals surface area contributed by atoms with E-state index >= 15 is 0 Å². The molecule has 1 fully saturated rings. The summed E-state index contributed by atoms with van der Waals surface area (Å²) in [5.41, 5.74) is 1.40. The van der Waals surface area contributed by atoms with Crippen LogP contribution in [0.15, 0.2) is 36.7 Å². The highest BCUT2D eigenvalue weighted by Crippen LogP contribution is 2.40. The van der Waals surface area contributed by atoms with Crippen molar-refractivity contribution in [3.8, 4) is 0 Å². The molecule has 0 bridgehead atoms. The molecule has 1 aliphatic rings. The zero-order chi connectivity index (χ0) is 18.7. The Labute approximate surface area is 150 Å². The molecule has 3 rings (SSSR count). The molecule has 1 aromatic heterocycles. The normalized spacial score (nSPS) is 21.3. The standard InChI is InChI=1S/C19H22F3N3O/c1-12-9-13(11-14(10-12)23-7-8-26-2)15-3-4-16(19(20,21)22)18-17(15)24-5-6-25-18/h3-6,13-14,23H,1,7-11H2,2H3/t13-,14-/m1/s1. The Kier molecular flexibility index (Phi) is 5.58. The van der Waals surface area contributed by atoms with Crippen molar-refractivity contribution >= 4 is 11.0 Å². The van der Waals surface area contributed by atoms with Gasteiger partial charge in [-0.25, -0.2) is 0 Å². The Balaban J connectivity index is 1.93. The fourth-order valence-electron chi connectivity index (χ4n) is 3.68. The van der Waals surface area contributed by atoms with Crippen molar-refractivity contribution in [2.24, 2.45) is 0 Å². The highest BCUT2D eigenvalue weighted by molar-refractivity contribution is 5.82. The van der Waals surface area contributed by atoms with E-state index in [9.17, 15) is 13.2 Å². The third-order valence-electron chi connectivity index (χ3n) is 4.78. The van der Waals surface area contributed by atoms with Gasteiger partial charge in [0.1, 0.15) is 5.52 Å². The second kappa shape index (κ2) is 7.72. The van der Waals surface area contributed by atoms with Crippen molar-refractivity contribution in [1.29, 1.82) is 0 Å². The van der Waals surface area contributed by atoms with Gasteiger partial charge in [-0.15, -0.1) is 0 Å². The number of methoxy groups -OCH3 is 1. The van der Waals surface area contributed by atoms with Crippen molar-refractivity contribution in [2.45, 2.75) is 37.4 Å². The zero-order valence-corrected chi connectivity index (χ0v) is 14.6. The van der Waals surface area contributed by atoms with Crippen LogP contribution in [0.2, 0.25) is 0 Å². The summed E-state index contributed by atoms with van der Waals surface area (Å²) in [6.07, 6.45) is 0.727. The summed E-state index contributed by atoms with van der Waals surface area (Å²) in [5.74, 6) is 0.0674. The smallest absolute Gasteiger partial charge is 0.383 e. The van der Waals surface area contributed by atoms with E-state index in [0.717, 1.165) is 43.0 Å². The summed E-state index contributed by atoms with van der Waals surface area (Å²) < 4.78 is 44.9. The molecule has 2 atom stereocenters. The average Bonchev–Trinajstić information content (AvgIpc) is 2.59. The van der Waals surface area contributed by atoms with Crippen LogP contribution in [0.25, 0.3) is 11.0 Å². The molecular weight excluding hydrogens is 343 g/mol. The number of hydrogen-bond acceptors (Lipinski definition) is 4. The van der Waals surface area contributed by atoms with Gasteiger partial charge in [-0.3, -0.25) is 9.97 Å². The third-order valence-corrected chi connectivity index (χ3v) is 4.78. The largest absolute Gasteiger partial charge is 0.418 e. The van der Waals surface area contributed by atoms with Crippen LogP contribution in [-0.4, -0.2) is 36.3 Å². The lowest BCUT2D eigenvalue weighted by Gasteiger charge is -2.32. The Morgan fingerprint density at radius 2 is 1.92 bits per heavy atom. The van der Waals surface area contributed by atoms with Crippen LogP contribution in [0.4, 0.5) is 13.2 Å². The maximum absolute atomic E-state index is 13.3. The highest BCUT2D eigenvalue weighted by atomic mass is 19.4. The van der Waals surface area contributed by atoms with Crippen LogP contribution >= 0.6 is 0 Å². The maximum Gasteiger partial charge on any atom is 0.418 e. The maximum atomic E-state index is 13.3. The minimum Gasteiger partial charge on any atom is -0.383 e. The quantitative estimate of drug-likeness (QED) is 0.641. The van der Waals surface area contributed by atoms with Crippen molar-refractivity contribution in [2.75, 3.05) is 20.3 Å². The first-order chi connectivity index (χ1) is 12.4. The first-order valence-electron chi connectivity index (χ1n) is 8.60. The first-order valence-corrected chi connectivity index (χ1v) is 8.60. The Hall–Kier alpha value is -1.99. The molecule has 0 amide bonds. The zero-order valence-electron chi connectivity index (χ0n) is 14.6. The van der Waals surface area contributed by atoms with E-state index in [4.69, 9.17) is 4.74 Å². The Morgan fingerprint density at radius 1 is 1.19 bits per heavy atom. The van der Waals surface area contributed by atoms with Crippen molar-refractivity contribution in [3.05, 3.63) is 47.8 Å². The van der Waals surface area contributed by atoms with Gasteiger partial charge in [-0.05, 0) is 36.8 Å². The summed E-state index contributed by atoms with van der Waals surface area (Å²) in [6, 6.07) is 2.90. The van der Waals surface area contributed by atoms with Gasteiger partial charge in [0.05, 0.1) is 17.7 Å². The molecular formula is C19H22F3N3O. The summed E-state index contributed by atoms with van der Waals surface area (Å²) in [6.45, 7) is 5.46. The number of halogens is 3. The molecule has 0 spiro atoms. The minimum atomic E-state index is -4.45. The second-order valence-corrected chi connectivity index (χ2v) is 6.69. The number of rotatable bonds is 5. The predicted octanol–water partition coefficient (Wildman–Crippen LogP) is 4.08. The fourth-order valence-corrected chi connectivity index (χ4v) is 3.68. The molecule has 1 aromatic carbocycles. The summed E-state index contributed by atoms with van der Waals surface area (Å²) in [7, 11) is 1.65. The van der Waals surface area contributed by atoms with E-state index in [1.54, 1.807) is 13.2 Å². The van der Waals surface area contributed by atoms with Gasteiger partial charge in [-0.1, -0.05) is 18.2 Å². The summed E-state index contributed by atoms with van der Waals surface area (Å²) >= 11 is 0. The third kappa shape index (κ3) is 4.04. The lowest BCUT2D eigenvalue weighted by atomic mass is 9.78. The Bertz CT molecular complexity index is 791. The average molecular weight is 365 g/mol. The van der Waals surface area contributed by atoms with Crippen molar-refractivity contribution in [3.63, 3.8) is 0 Å². The number of aromatic nitrogens is 2. The van der Waals surface area contributed by atoms with Crippen LogP contribution in [0.3, 0.4) is 0 Å². The minimum absolute atomic E-state index is 0.0674. The second-order valence-electron chi connectivity index (χ2n) is 6.69. The topological polar surface area (TPSA) is 47.0 Å². The van der Waals surface area contributed by atoms with Crippen LogP contribution < -0.4 is 5.32 Å². The van der Waals surface area contributed by atoms with Crippen LogP contribution in [0.5, 0.6) is 0 Å². The molecule has 1 N–H and O–H groups in total. The van der Waals surface area contributed by atoms with Crippen molar-refractivity contribution < 1.29 is 17.9 Å². The van der Waals surface area contributed by atoms with Crippen molar-refractivity contribution in [1.82, 2.24) is 15.3 Å². The monoisotopic (exact) mass is 365 g/mol. The van der Waals surface area contributed by atoms with E-state index in [-0.39, 0.29) is 17.5 Å². The summed E-state index contributed by atoms with van der Waals surface area (Å²) in [4.78, 5) is 8.19. The number of benzene rings is 1. The number of nitrogens with zero attached hydrogens (tertiary/aromatic N) is 2. The number of nitrogens with one attached hydrogen (secondary N) is 1. The highest BCUT2D eigenvalue weighted by Gasteiger charge is 2.35. The molecule has 2 aromatic rings. The van der Waals surface area contributed by atoms with Gasteiger partial charge >= 0.3 is 6.18 Å². The lowest BCUT2D eigenvalue weighted by molar-refractivity contribution is -0.136. The van der Waals surface area contributed by atoms with Gasteiger partial charge in [0, 0.05) is 32.1 Å².